The predicted octanol–water partition coefficient (Wildman–Crippen LogP) is 0.911. The van der Waals surface area contributed by atoms with E-state index < -0.39 is 0 Å². The van der Waals surface area contributed by atoms with Crippen LogP contribution >= 0.6 is 0 Å². The molecule has 1 unspecified atom stereocenters. The number of hydrogen-bond acceptors (Lipinski definition) is 5. The molecular formula is C13H15N3O3. The van der Waals surface area contributed by atoms with Crippen LogP contribution < -0.4 is 0 Å². The average molecular weight is 261 g/mol. The highest BCUT2D eigenvalue weighted by Crippen LogP contribution is 2.37. The molecule has 3 rings (SSSR count). The number of aromatic hydroxyl groups is 2. The minimum Gasteiger partial charge on any atom is -0.507 e. The fraction of sp³-hybridized carbons (Fsp3) is 0.385. The number of hydrogen-bond donors (Lipinski definition) is 3. The maximum absolute atomic E-state index is 9.90. The number of phenols is 2. The maximum Gasteiger partial charge on any atom is 0.171 e. The summed E-state index contributed by atoms with van der Waals surface area (Å²) in [7, 11) is 0. The number of aliphatic hydroxyl groups is 1. The van der Waals surface area contributed by atoms with E-state index in [9.17, 15) is 15.3 Å². The van der Waals surface area contributed by atoms with E-state index in [4.69, 9.17) is 0 Å². The first-order valence-corrected chi connectivity index (χ1v) is 6.25. The lowest BCUT2D eigenvalue weighted by Gasteiger charge is -2.22. The Morgan fingerprint density at radius 2 is 1.95 bits per heavy atom. The maximum atomic E-state index is 9.90. The summed E-state index contributed by atoms with van der Waals surface area (Å²) in [6, 6.07) is 4.57. The second-order valence-electron chi connectivity index (χ2n) is 4.81. The van der Waals surface area contributed by atoms with E-state index in [-0.39, 0.29) is 24.0 Å². The van der Waals surface area contributed by atoms with Crippen LogP contribution in [0.5, 0.6) is 11.5 Å². The standard InChI is InChI=1S/C13H15N3O3/c17-7-8-4-5-11-14-15-13(16(11)6-8)12-9(18)2-1-3-10(12)19/h1-3,8,17-19H,4-7H2. The number of nitrogens with zero attached hydrogens (tertiary/aromatic N) is 3. The molecule has 0 bridgehead atoms. The van der Waals surface area contributed by atoms with Crippen molar-refractivity contribution in [3.8, 4) is 22.9 Å². The zero-order chi connectivity index (χ0) is 13.4. The van der Waals surface area contributed by atoms with Gasteiger partial charge < -0.3 is 19.9 Å². The van der Waals surface area contributed by atoms with Gasteiger partial charge in [-0.05, 0) is 18.6 Å². The lowest BCUT2D eigenvalue weighted by atomic mass is 10.00. The third-order valence-electron chi connectivity index (χ3n) is 3.55. The summed E-state index contributed by atoms with van der Waals surface area (Å²) >= 11 is 0. The van der Waals surface area contributed by atoms with E-state index in [0.717, 1.165) is 18.7 Å². The Bertz CT molecular complexity index is 589. The van der Waals surface area contributed by atoms with E-state index in [1.165, 1.54) is 12.1 Å². The lowest BCUT2D eigenvalue weighted by Crippen LogP contribution is -2.23. The van der Waals surface area contributed by atoms with Crippen LogP contribution in [-0.4, -0.2) is 36.7 Å². The summed E-state index contributed by atoms with van der Waals surface area (Å²) in [5.74, 6) is 1.38. The van der Waals surface area contributed by atoms with Gasteiger partial charge in [-0.2, -0.15) is 0 Å². The second kappa shape index (κ2) is 4.55. The Labute approximate surface area is 110 Å². The highest BCUT2D eigenvalue weighted by atomic mass is 16.3. The van der Waals surface area contributed by atoms with Crippen molar-refractivity contribution in [2.24, 2.45) is 5.92 Å². The fourth-order valence-electron chi connectivity index (χ4n) is 2.49. The Balaban J connectivity index is 2.10. The Morgan fingerprint density at radius 3 is 2.63 bits per heavy atom. The van der Waals surface area contributed by atoms with Crippen molar-refractivity contribution in [2.45, 2.75) is 19.4 Å². The molecular weight excluding hydrogens is 246 g/mol. The largest absolute Gasteiger partial charge is 0.507 e. The van der Waals surface area contributed by atoms with E-state index in [1.807, 2.05) is 4.57 Å². The molecule has 0 saturated heterocycles. The molecule has 1 aliphatic heterocycles. The quantitative estimate of drug-likeness (QED) is 0.747. The molecule has 6 nitrogen and oxygen atoms in total. The molecule has 2 aromatic rings. The molecule has 3 N–H and O–H groups in total. The minimum absolute atomic E-state index is 0.0266. The lowest BCUT2D eigenvalue weighted by molar-refractivity contribution is 0.191. The first kappa shape index (κ1) is 12.0. The molecule has 0 spiro atoms. The molecule has 0 amide bonds. The summed E-state index contributed by atoms with van der Waals surface area (Å²) in [4.78, 5) is 0. The van der Waals surface area contributed by atoms with Gasteiger partial charge in [-0.15, -0.1) is 10.2 Å². The van der Waals surface area contributed by atoms with Gasteiger partial charge in [-0.25, -0.2) is 0 Å². The highest BCUT2D eigenvalue weighted by molar-refractivity contribution is 5.71. The summed E-state index contributed by atoms with van der Waals surface area (Å²) in [5.41, 5.74) is 0.292. The van der Waals surface area contributed by atoms with Crippen molar-refractivity contribution < 1.29 is 15.3 Å². The van der Waals surface area contributed by atoms with E-state index in [2.05, 4.69) is 10.2 Å². The molecule has 2 heterocycles. The number of rotatable bonds is 2. The van der Waals surface area contributed by atoms with Crippen molar-refractivity contribution >= 4 is 0 Å². The van der Waals surface area contributed by atoms with Crippen LogP contribution in [0.3, 0.4) is 0 Å². The van der Waals surface area contributed by atoms with Crippen molar-refractivity contribution in [1.29, 1.82) is 0 Å². The van der Waals surface area contributed by atoms with Crippen molar-refractivity contribution in [3.63, 3.8) is 0 Å². The highest BCUT2D eigenvalue weighted by Gasteiger charge is 2.25. The van der Waals surface area contributed by atoms with Gasteiger partial charge in [0.05, 0.1) is 0 Å². The third kappa shape index (κ3) is 1.94. The van der Waals surface area contributed by atoms with Crippen LogP contribution in [0.15, 0.2) is 18.2 Å². The average Bonchev–Trinajstić information content (AvgIpc) is 2.81. The van der Waals surface area contributed by atoms with Crippen LogP contribution in [0.4, 0.5) is 0 Å². The number of benzene rings is 1. The van der Waals surface area contributed by atoms with Crippen LogP contribution in [0, 0.1) is 5.92 Å². The molecule has 0 saturated carbocycles. The van der Waals surface area contributed by atoms with Gasteiger partial charge in [0.2, 0.25) is 0 Å². The van der Waals surface area contributed by atoms with E-state index in [0.29, 0.717) is 17.9 Å². The van der Waals surface area contributed by atoms with Gasteiger partial charge in [0.25, 0.3) is 0 Å². The molecule has 1 aromatic carbocycles. The van der Waals surface area contributed by atoms with Gasteiger partial charge in [0.1, 0.15) is 22.9 Å². The fourth-order valence-corrected chi connectivity index (χ4v) is 2.49. The van der Waals surface area contributed by atoms with Gasteiger partial charge in [0, 0.05) is 25.5 Å². The SMILES string of the molecule is OCC1CCc2nnc(-c3c(O)cccc3O)n2C1. The van der Waals surface area contributed by atoms with Crippen LogP contribution in [0.1, 0.15) is 12.2 Å². The van der Waals surface area contributed by atoms with Gasteiger partial charge >= 0.3 is 0 Å². The summed E-state index contributed by atoms with van der Waals surface area (Å²) < 4.78 is 1.86. The molecule has 6 heteroatoms. The minimum atomic E-state index is -0.0266. The second-order valence-corrected chi connectivity index (χ2v) is 4.81. The van der Waals surface area contributed by atoms with Gasteiger partial charge in [0.15, 0.2) is 5.82 Å². The molecule has 1 atom stereocenters. The topological polar surface area (TPSA) is 91.4 Å². The first-order valence-electron chi connectivity index (χ1n) is 6.25. The molecule has 0 fully saturated rings. The van der Waals surface area contributed by atoms with Crippen LogP contribution in [0.2, 0.25) is 0 Å². The van der Waals surface area contributed by atoms with Gasteiger partial charge in [-0.3, -0.25) is 0 Å². The first-order chi connectivity index (χ1) is 9.20. The van der Waals surface area contributed by atoms with Gasteiger partial charge in [-0.1, -0.05) is 6.07 Å². The summed E-state index contributed by atoms with van der Waals surface area (Å²) in [6.07, 6.45) is 1.62. The number of aliphatic hydroxyl groups excluding tert-OH is 1. The number of aromatic nitrogens is 3. The Kier molecular flexibility index (Phi) is 2.87. The summed E-state index contributed by atoms with van der Waals surface area (Å²) in [6.45, 7) is 0.714. The molecule has 100 valence electrons. The third-order valence-corrected chi connectivity index (χ3v) is 3.55. The van der Waals surface area contributed by atoms with Crippen LogP contribution in [0.25, 0.3) is 11.4 Å². The monoisotopic (exact) mass is 261 g/mol. The zero-order valence-corrected chi connectivity index (χ0v) is 10.3. The predicted molar refractivity (Wildman–Crippen MR) is 67.7 cm³/mol. The molecule has 19 heavy (non-hydrogen) atoms. The number of aryl methyl sites for hydroxylation is 1. The Morgan fingerprint density at radius 1 is 1.21 bits per heavy atom. The van der Waals surface area contributed by atoms with Crippen molar-refractivity contribution in [2.75, 3.05) is 6.61 Å². The number of phenolic OH excluding ortho intramolecular Hbond substituents is 2. The smallest absolute Gasteiger partial charge is 0.171 e. The normalized spacial score (nSPS) is 18.3. The summed E-state index contributed by atoms with van der Waals surface area (Å²) in [5, 5.41) is 37.2. The molecule has 0 aliphatic carbocycles. The number of fused-ring (bicyclic) bond motifs is 1. The molecule has 0 radical (unpaired) electrons. The van der Waals surface area contributed by atoms with E-state index >= 15 is 0 Å². The van der Waals surface area contributed by atoms with E-state index in [1.54, 1.807) is 6.07 Å². The van der Waals surface area contributed by atoms with Crippen LogP contribution in [-0.2, 0) is 13.0 Å². The van der Waals surface area contributed by atoms with Crippen molar-refractivity contribution in [3.05, 3.63) is 24.0 Å². The Hall–Kier alpha value is -2.08. The molecule has 1 aliphatic rings. The molecule has 1 aromatic heterocycles. The van der Waals surface area contributed by atoms with Crippen molar-refractivity contribution in [1.82, 2.24) is 14.8 Å². The zero-order valence-electron chi connectivity index (χ0n) is 10.3.